The Morgan fingerprint density at radius 1 is 1.33 bits per heavy atom. The van der Waals surface area contributed by atoms with Gasteiger partial charge in [0.15, 0.2) is 0 Å². The van der Waals surface area contributed by atoms with Crippen LogP contribution < -0.4 is 4.74 Å². The van der Waals surface area contributed by atoms with Crippen molar-refractivity contribution in [3.05, 3.63) is 47.8 Å². The summed E-state index contributed by atoms with van der Waals surface area (Å²) in [5.74, 6) is 0.643. The number of nitrogens with zero attached hydrogens (tertiary/aromatic N) is 1. The number of hydrogen-bond donors (Lipinski definition) is 2. The Bertz CT molecular complexity index is 709. The Labute approximate surface area is 124 Å². The first-order valence-electron chi connectivity index (χ1n) is 6.35. The van der Waals surface area contributed by atoms with Crippen molar-refractivity contribution in [2.75, 3.05) is 14.2 Å². The van der Waals surface area contributed by atoms with E-state index >= 15 is 0 Å². The van der Waals surface area contributed by atoms with E-state index in [0.717, 1.165) is 5.56 Å². The normalized spacial score (nSPS) is 11.8. The number of H-pyrrole nitrogens is 1. The third-order valence-corrected chi connectivity index (χ3v) is 4.96. The highest BCUT2D eigenvalue weighted by Gasteiger charge is 2.23. The third-order valence-electron chi connectivity index (χ3n) is 3.18. The van der Waals surface area contributed by atoms with Crippen LogP contribution in [0.5, 0.6) is 5.75 Å². The average molecular weight is 310 g/mol. The Hall–Kier alpha value is -1.83. The molecule has 0 aliphatic heterocycles. The fourth-order valence-electron chi connectivity index (χ4n) is 2.00. The predicted molar refractivity (Wildman–Crippen MR) is 78.4 cm³/mol. The topological polar surface area (TPSA) is 82.6 Å². The first-order valence-corrected chi connectivity index (χ1v) is 7.79. The van der Waals surface area contributed by atoms with Crippen molar-refractivity contribution < 1.29 is 18.3 Å². The van der Waals surface area contributed by atoms with E-state index in [4.69, 9.17) is 9.84 Å². The quantitative estimate of drug-likeness (QED) is 0.843. The Kier molecular flexibility index (Phi) is 4.66. The maximum absolute atomic E-state index is 12.4. The summed E-state index contributed by atoms with van der Waals surface area (Å²) in [6.45, 7) is -0.0300. The molecule has 1 aromatic heterocycles. The van der Waals surface area contributed by atoms with Crippen molar-refractivity contribution in [1.82, 2.24) is 9.29 Å². The summed E-state index contributed by atoms with van der Waals surface area (Å²) in [4.78, 5) is 2.85. The van der Waals surface area contributed by atoms with Crippen molar-refractivity contribution in [3.63, 3.8) is 0 Å². The maximum atomic E-state index is 12.4. The molecule has 0 bridgehead atoms. The summed E-state index contributed by atoms with van der Waals surface area (Å²) in [6, 6.07) is 8.69. The van der Waals surface area contributed by atoms with Gasteiger partial charge in [-0.25, -0.2) is 8.42 Å². The van der Waals surface area contributed by atoms with Crippen LogP contribution >= 0.6 is 0 Å². The summed E-state index contributed by atoms with van der Waals surface area (Å²) in [6.07, 6.45) is 1.37. The molecule has 0 aliphatic carbocycles. The minimum absolute atomic E-state index is 0.129. The number of methoxy groups -OCH3 is 1. The monoisotopic (exact) mass is 310 g/mol. The summed E-state index contributed by atoms with van der Waals surface area (Å²) >= 11 is 0. The molecular formula is C14H18N2O4S. The molecule has 21 heavy (non-hydrogen) atoms. The highest BCUT2D eigenvalue weighted by Crippen LogP contribution is 2.22. The molecule has 2 rings (SSSR count). The second-order valence-corrected chi connectivity index (χ2v) is 6.64. The van der Waals surface area contributed by atoms with Crippen molar-refractivity contribution >= 4 is 10.0 Å². The van der Waals surface area contributed by atoms with Crippen LogP contribution in [0, 0.1) is 0 Å². The van der Waals surface area contributed by atoms with Crippen LogP contribution in [-0.4, -0.2) is 37.0 Å². The summed E-state index contributed by atoms with van der Waals surface area (Å²) in [5, 5.41) is 9.00. The molecular weight excluding hydrogens is 292 g/mol. The molecule has 1 aromatic carbocycles. The molecule has 0 fully saturated rings. The lowest BCUT2D eigenvalue weighted by Crippen LogP contribution is -2.26. The van der Waals surface area contributed by atoms with Gasteiger partial charge in [0.2, 0.25) is 10.0 Å². The van der Waals surface area contributed by atoms with Gasteiger partial charge in [0, 0.05) is 31.0 Å². The van der Waals surface area contributed by atoms with E-state index in [-0.39, 0.29) is 18.0 Å². The van der Waals surface area contributed by atoms with Gasteiger partial charge in [0.25, 0.3) is 0 Å². The lowest BCUT2D eigenvalue weighted by Gasteiger charge is -2.17. The number of rotatable bonds is 6. The van der Waals surface area contributed by atoms with Crippen molar-refractivity contribution in [3.8, 4) is 5.75 Å². The second-order valence-electron chi connectivity index (χ2n) is 4.59. The molecule has 0 amide bonds. The highest BCUT2D eigenvalue weighted by molar-refractivity contribution is 7.89. The van der Waals surface area contributed by atoms with Gasteiger partial charge < -0.3 is 14.8 Å². The number of aliphatic hydroxyl groups is 1. The van der Waals surface area contributed by atoms with Crippen LogP contribution in [0.1, 0.15) is 11.3 Å². The fourth-order valence-corrected chi connectivity index (χ4v) is 3.17. The van der Waals surface area contributed by atoms with E-state index in [1.165, 1.54) is 23.6 Å². The van der Waals surface area contributed by atoms with Gasteiger partial charge in [-0.05, 0) is 12.1 Å². The van der Waals surface area contributed by atoms with Crippen LogP contribution in [0.4, 0.5) is 0 Å². The summed E-state index contributed by atoms with van der Waals surface area (Å²) in [5.41, 5.74) is 1.24. The number of aromatic nitrogens is 1. The summed E-state index contributed by atoms with van der Waals surface area (Å²) in [7, 11) is -0.560. The molecule has 0 saturated carbocycles. The van der Waals surface area contributed by atoms with Crippen molar-refractivity contribution in [2.24, 2.45) is 0 Å². The molecule has 7 heteroatoms. The SMILES string of the molecule is COc1ccccc1CN(C)S(=O)(=O)c1c[nH]c(CO)c1. The fraction of sp³-hybridized carbons (Fsp3) is 0.286. The third kappa shape index (κ3) is 3.26. The smallest absolute Gasteiger partial charge is 0.244 e. The zero-order valence-corrected chi connectivity index (χ0v) is 12.7. The molecule has 0 atom stereocenters. The Morgan fingerprint density at radius 3 is 2.67 bits per heavy atom. The van der Waals surface area contributed by atoms with Crippen LogP contribution in [-0.2, 0) is 23.2 Å². The molecule has 0 unspecified atom stereocenters. The number of nitrogens with one attached hydrogen (secondary N) is 1. The van der Waals surface area contributed by atoms with Crippen LogP contribution in [0.15, 0.2) is 41.4 Å². The van der Waals surface area contributed by atoms with Crippen LogP contribution in [0.3, 0.4) is 0 Å². The molecule has 0 radical (unpaired) electrons. The molecule has 0 saturated heterocycles. The second kappa shape index (κ2) is 6.30. The Morgan fingerprint density at radius 2 is 2.05 bits per heavy atom. The van der Waals surface area contributed by atoms with Gasteiger partial charge in [-0.3, -0.25) is 0 Å². The van der Waals surface area contributed by atoms with Crippen molar-refractivity contribution in [2.45, 2.75) is 18.0 Å². The molecule has 2 aromatic rings. The highest BCUT2D eigenvalue weighted by atomic mass is 32.2. The van der Waals surface area contributed by atoms with Gasteiger partial charge in [0.1, 0.15) is 5.75 Å². The van der Waals surface area contributed by atoms with E-state index in [9.17, 15) is 8.42 Å². The number of aliphatic hydroxyl groups excluding tert-OH is 1. The zero-order chi connectivity index (χ0) is 15.5. The van der Waals surface area contributed by atoms with Gasteiger partial charge in [-0.15, -0.1) is 0 Å². The average Bonchev–Trinajstić information content (AvgIpc) is 2.97. The first-order chi connectivity index (χ1) is 9.98. The molecule has 0 spiro atoms. The number of para-hydroxylation sites is 1. The molecule has 6 nitrogen and oxygen atoms in total. The number of benzene rings is 1. The van der Waals surface area contributed by atoms with E-state index in [1.807, 2.05) is 18.2 Å². The van der Waals surface area contributed by atoms with E-state index < -0.39 is 10.0 Å². The van der Waals surface area contributed by atoms with Gasteiger partial charge in [0.05, 0.1) is 18.6 Å². The number of sulfonamides is 1. The van der Waals surface area contributed by atoms with Crippen molar-refractivity contribution in [1.29, 1.82) is 0 Å². The van der Waals surface area contributed by atoms with Crippen LogP contribution in [0.2, 0.25) is 0 Å². The number of ether oxygens (including phenoxy) is 1. The van der Waals surface area contributed by atoms with Crippen LogP contribution in [0.25, 0.3) is 0 Å². The number of hydrogen-bond acceptors (Lipinski definition) is 4. The van der Waals surface area contributed by atoms with E-state index in [0.29, 0.717) is 11.4 Å². The number of aromatic amines is 1. The van der Waals surface area contributed by atoms with E-state index in [2.05, 4.69) is 4.98 Å². The van der Waals surface area contributed by atoms with Gasteiger partial charge in [-0.2, -0.15) is 4.31 Å². The lowest BCUT2D eigenvalue weighted by atomic mass is 10.2. The standard InChI is InChI=1S/C14H18N2O4S/c1-16(9-11-5-3-4-6-14(11)20-2)21(18,19)13-7-12(10-17)15-8-13/h3-8,15,17H,9-10H2,1-2H3. The molecule has 2 N–H and O–H groups in total. The minimum Gasteiger partial charge on any atom is -0.496 e. The maximum Gasteiger partial charge on any atom is 0.244 e. The Balaban J connectivity index is 2.24. The van der Waals surface area contributed by atoms with Gasteiger partial charge in [-0.1, -0.05) is 18.2 Å². The predicted octanol–water partition coefficient (Wildman–Crippen LogP) is 1.34. The first kappa shape index (κ1) is 15.6. The van der Waals surface area contributed by atoms with E-state index in [1.54, 1.807) is 13.2 Å². The molecule has 114 valence electrons. The molecule has 1 heterocycles. The molecule has 0 aliphatic rings. The minimum atomic E-state index is -3.62. The zero-order valence-electron chi connectivity index (χ0n) is 11.9. The van der Waals surface area contributed by atoms with Gasteiger partial charge >= 0.3 is 0 Å². The lowest BCUT2D eigenvalue weighted by molar-refractivity contribution is 0.277. The largest absolute Gasteiger partial charge is 0.496 e. The summed E-state index contributed by atoms with van der Waals surface area (Å²) < 4.78 is 31.4.